The van der Waals surface area contributed by atoms with Gasteiger partial charge in [0.2, 0.25) is 15.9 Å². The van der Waals surface area contributed by atoms with E-state index in [1.165, 1.54) is 37.7 Å². The van der Waals surface area contributed by atoms with E-state index >= 15 is 0 Å². The summed E-state index contributed by atoms with van der Waals surface area (Å²) in [7, 11) is -3.24. The number of nitrogens with zero attached hydrogens (tertiary/aromatic N) is 1. The highest BCUT2D eigenvalue weighted by atomic mass is 32.2. The first-order chi connectivity index (χ1) is 14.5. The zero-order chi connectivity index (χ0) is 21.2. The summed E-state index contributed by atoms with van der Waals surface area (Å²) in [5.41, 5.74) is 1.17. The predicted octanol–water partition coefficient (Wildman–Crippen LogP) is 3.84. The van der Waals surface area contributed by atoms with Crippen LogP contribution in [-0.2, 0) is 21.2 Å². The molecule has 1 aromatic rings. The molecule has 3 rings (SSSR count). The summed E-state index contributed by atoms with van der Waals surface area (Å²) in [6.45, 7) is 1.64. The quantitative estimate of drug-likeness (QED) is 0.548. The Morgan fingerprint density at radius 3 is 2.43 bits per heavy atom. The first-order valence-corrected chi connectivity index (χ1v) is 14.1. The molecule has 0 bridgehead atoms. The smallest absolute Gasteiger partial charge is 0.223 e. The van der Waals surface area contributed by atoms with Crippen LogP contribution < -0.4 is 5.32 Å². The first kappa shape index (κ1) is 23.6. The van der Waals surface area contributed by atoms with E-state index in [4.69, 9.17) is 0 Å². The molecule has 1 aromatic carbocycles. The molecule has 0 unspecified atom stereocenters. The number of hydrogen-bond acceptors (Lipinski definition) is 4. The molecule has 0 radical (unpaired) electrons. The lowest BCUT2D eigenvalue weighted by Gasteiger charge is -2.30. The van der Waals surface area contributed by atoms with Gasteiger partial charge in [-0.3, -0.25) is 4.79 Å². The van der Waals surface area contributed by atoms with E-state index in [-0.39, 0.29) is 17.6 Å². The Morgan fingerprint density at radius 1 is 1.03 bits per heavy atom. The number of hydrogen-bond donors (Lipinski definition) is 1. The van der Waals surface area contributed by atoms with Crippen LogP contribution in [0.5, 0.6) is 0 Å². The van der Waals surface area contributed by atoms with Crippen molar-refractivity contribution in [2.24, 2.45) is 5.92 Å². The van der Waals surface area contributed by atoms with Gasteiger partial charge >= 0.3 is 0 Å². The van der Waals surface area contributed by atoms with Gasteiger partial charge in [-0.1, -0.05) is 49.6 Å². The Balaban J connectivity index is 1.31. The Bertz CT molecular complexity index is 741. The maximum absolute atomic E-state index is 12.6. The summed E-state index contributed by atoms with van der Waals surface area (Å²) in [6.07, 6.45) is 9.35. The molecule has 1 aliphatic carbocycles. The predicted molar refractivity (Wildman–Crippen MR) is 125 cm³/mol. The van der Waals surface area contributed by atoms with E-state index in [9.17, 15) is 13.2 Å². The molecule has 30 heavy (non-hydrogen) atoms. The van der Waals surface area contributed by atoms with Gasteiger partial charge in [0.25, 0.3) is 0 Å². The Labute approximate surface area is 186 Å². The van der Waals surface area contributed by atoms with Crippen molar-refractivity contribution in [3.8, 4) is 0 Å². The van der Waals surface area contributed by atoms with Gasteiger partial charge < -0.3 is 5.32 Å². The van der Waals surface area contributed by atoms with Crippen molar-refractivity contribution in [3.63, 3.8) is 0 Å². The highest BCUT2D eigenvalue weighted by molar-refractivity contribution is 7.99. The summed E-state index contributed by atoms with van der Waals surface area (Å²) in [5.74, 6) is 1.20. The van der Waals surface area contributed by atoms with Gasteiger partial charge in [-0.15, -0.1) is 0 Å². The molecule has 0 aromatic heterocycles. The van der Waals surface area contributed by atoms with Crippen LogP contribution in [-0.4, -0.2) is 55.0 Å². The fourth-order valence-electron chi connectivity index (χ4n) is 4.40. The third kappa shape index (κ3) is 7.57. The average molecular weight is 453 g/mol. The van der Waals surface area contributed by atoms with Gasteiger partial charge in [-0.05, 0) is 44.1 Å². The lowest BCUT2D eigenvalue weighted by Crippen LogP contribution is -2.44. The van der Waals surface area contributed by atoms with Crippen molar-refractivity contribution in [2.75, 3.05) is 31.1 Å². The normalized spacial score (nSPS) is 19.6. The van der Waals surface area contributed by atoms with Crippen LogP contribution in [0.15, 0.2) is 30.3 Å². The molecular weight excluding hydrogens is 416 g/mol. The van der Waals surface area contributed by atoms with Crippen LogP contribution in [0.1, 0.15) is 56.9 Å². The van der Waals surface area contributed by atoms with Gasteiger partial charge in [-0.2, -0.15) is 11.8 Å². The van der Waals surface area contributed by atoms with Gasteiger partial charge in [0.15, 0.2) is 0 Å². The van der Waals surface area contributed by atoms with E-state index in [0.29, 0.717) is 32.4 Å². The minimum absolute atomic E-state index is 0.0551. The highest BCUT2D eigenvalue weighted by Gasteiger charge is 2.30. The second-order valence-corrected chi connectivity index (χ2v) is 12.0. The van der Waals surface area contributed by atoms with Crippen molar-refractivity contribution in [1.29, 1.82) is 0 Å². The molecule has 1 heterocycles. The maximum Gasteiger partial charge on any atom is 0.223 e. The zero-order valence-electron chi connectivity index (χ0n) is 17.9. The lowest BCUT2D eigenvalue weighted by molar-refractivity contribution is -0.125. The number of sulfonamides is 1. The van der Waals surface area contributed by atoms with E-state index in [0.717, 1.165) is 24.0 Å². The number of benzene rings is 1. The largest absolute Gasteiger partial charge is 0.355 e. The van der Waals surface area contributed by atoms with Crippen LogP contribution in [0, 0.1) is 5.92 Å². The fourth-order valence-corrected chi connectivity index (χ4v) is 7.16. The van der Waals surface area contributed by atoms with Crippen LogP contribution in [0.2, 0.25) is 0 Å². The van der Waals surface area contributed by atoms with Gasteiger partial charge in [0, 0.05) is 36.6 Å². The number of rotatable bonds is 10. The van der Waals surface area contributed by atoms with Gasteiger partial charge in [0.1, 0.15) is 0 Å². The molecule has 0 atom stereocenters. The summed E-state index contributed by atoms with van der Waals surface area (Å²) < 4.78 is 26.9. The van der Waals surface area contributed by atoms with Crippen LogP contribution in [0.4, 0.5) is 0 Å². The molecular formula is C23H36N2O3S2. The minimum Gasteiger partial charge on any atom is -0.355 e. The Morgan fingerprint density at radius 2 is 1.73 bits per heavy atom. The van der Waals surface area contributed by atoms with Gasteiger partial charge in [0.05, 0.1) is 5.75 Å². The highest BCUT2D eigenvalue weighted by Crippen LogP contribution is 2.28. The second-order valence-electron chi connectivity index (χ2n) is 8.50. The number of amides is 1. The monoisotopic (exact) mass is 452 g/mol. The number of thioether (sulfide) groups is 1. The van der Waals surface area contributed by atoms with Crippen molar-refractivity contribution < 1.29 is 13.2 Å². The van der Waals surface area contributed by atoms with Crippen molar-refractivity contribution in [3.05, 3.63) is 35.9 Å². The van der Waals surface area contributed by atoms with E-state index in [2.05, 4.69) is 5.32 Å². The van der Waals surface area contributed by atoms with E-state index < -0.39 is 10.0 Å². The molecule has 2 aliphatic rings. The van der Waals surface area contributed by atoms with Crippen LogP contribution in [0.25, 0.3) is 0 Å². The molecule has 2 fully saturated rings. The fraction of sp³-hybridized carbons (Fsp3) is 0.696. The van der Waals surface area contributed by atoms with Crippen molar-refractivity contribution in [1.82, 2.24) is 9.62 Å². The second kappa shape index (κ2) is 12.1. The molecule has 0 spiro atoms. The number of piperidine rings is 1. The number of carbonyl (C=O) groups excluding carboxylic acids is 1. The van der Waals surface area contributed by atoms with E-state index in [1.807, 2.05) is 42.1 Å². The first-order valence-electron chi connectivity index (χ1n) is 11.5. The summed E-state index contributed by atoms with van der Waals surface area (Å²) in [5, 5.41) is 3.84. The SMILES string of the molecule is O=C(NCCSC1CCCCC1)C1CCN(S(=O)(=O)CCCc2ccccc2)CC1. The summed E-state index contributed by atoms with van der Waals surface area (Å²) in [4.78, 5) is 12.4. The van der Waals surface area contributed by atoms with Crippen LogP contribution in [0.3, 0.4) is 0 Å². The Hall–Kier alpha value is -1.05. The number of aryl methyl sites for hydroxylation is 1. The third-order valence-electron chi connectivity index (χ3n) is 6.24. The summed E-state index contributed by atoms with van der Waals surface area (Å²) >= 11 is 1.99. The maximum atomic E-state index is 12.6. The molecule has 5 nitrogen and oxygen atoms in total. The van der Waals surface area contributed by atoms with Crippen molar-refractivity contribution in [2.45, 2.75) is 63.0 Å². The standard InChI is InChI=1S/C23H36N2O3S2/c26-23(24-15-18-29-22-11-5-2-6-12-22)21-13-16-25(17-14-21)30(27,28)19-7-10-20-8-3-1-4-9-20/h1,3-4,8-9,21-22H,2,5-7,10-19H2,(H,24,26). The Kier molecular flexibility index (Phi) is 9.53. The zero-order valence-corrected chi connectivity index (χ0v) is 19.6. The summed E-state index contributed by atoms with van der Waals surface area (Å²) in [6, 6.07) is 9.99. The molecule has 1 N–H and O–H groups in total. The third-order valence-corrected chi connectivity index (χ3v) is 9.57. The molecule has 1 amide bonds. The van der Waals surface area contributed by atoms with Crippen LogP contribution >= 0.6 is 11.8 Å². The molecule has 1 saturated carbocycles. The van der Waals surface area contributed by atoms with Gasteiger partial charge in [-0.25, -0.2) is 12.7 Å². The number of carbonyl (C=O) groups is 1. The topological polar surface area (TPSA) is 66.5 Å². The molecule has 1 saturated heterocycles. The molecule has 1 aliphatic heterocycles. The van der Waals surface area contributed by atoms with Crippen molar-refractivity contribution >= 4 is 27.7 Å². The van der Waals surface area contributed by atoms with E-state index in [1.54, 1.807) is 4.31 Å². The number of nitrogens with one attached hydrogen (secondary N) is 1. The lowest BCUT2D eigenvalue weighted by atomic mass is 9.97. The molecule has 168 valence electrons. The minimum atomic E-state index is -3.24. The molecule has 7 heteroatoms. The average Bonchev–Trinajstić information content (AvgIpc) is 2.78.